The molecular formula is C58H40N4. The summed E-state index contributed by atoms with van der Waals surface area (Å²) >= 11 is 0. The van der Waals surface area contributed by atoms with Gasteiger partial charge in [0, 0.05) is 56.4 Å². The van der Waals surface area contributed by atoms with Gasteiger partial charge in [-0.1, -0.05) is 146 Å². The van der Waals surface area contributed by atoms with E-state index in [0.717, 1.165) is 101 Å². The molecule has 1 aliphatic heterocycles. The van der Waals surface area contributed by atoms with Crippen molar-refractivity contribution in [2.45, 2.75) is 0 Å². The second kappa shape index (κ2) is 16.0. The van der Waals surface area contributed by atoms with Gasteiger partial charge in [0.15, 0.2) is 0 Å². The van der Waals surface area contributed by atoms with Gasteiger partial charge in [-0.2, -0.15) is 0 Å². The lowest BCUT2D eigenvalue weighted by atomic mass is 9.92. The summed E-state index contributed by atoms with van der Waals surface area (Å²) in [5.41, 5.74) is 14.0. The number of rotatable bonds is 8. The SMILES string of the molecule is c1ccc(N(c2ccccc2)c2ccc(/C3=N/c4cc5ccccc5cc4/C(c4ccc(N(c5ccccc5)c5ccccc5)cc4)=N\c4cc5ccccc5cc43)cc2)cc1. The number of benzene rings is 10. The van der Waals surface area contributed by atoms with E-state index in [0.29, 0.717) is 0 Å². The van der Waals surface area contributed by atoms with Crippen LogP contribution in [0.4, 0.5) is 45.5 Å². The first-order valence-electron chi connectivity index (χ1n) is 21.0. The van der Waals surface area contributed by atoms with E-state index in [1.165, 1.54) is 0 Å². The molecule has 0 saturated heterocycles. The molecule has 0 N–H and O–H groups in total. The van der Waals surface area contributed by atoms with Crippen molar-refractivity contribution >= 4 is 78.5 Å². The van der Waals surface area contributed by atoms with Crippen LogP contribution in [0, 0.1) is 0 Å². The van der Waals surface area contributed by atoms with Crippen LogP contribution >= 0.6 is 0 Å². The van der Waals surface area contributed by atoms with Gasteiger partial charge in [0.1, 0.15) is 0 Å². The van der Waals surface area contributed by atoms with Crippen LogP contribution in [0.15, 0.2) is 253 Å². The molecule has 62 heavy (non-hydrogen) atoms. The molecule has 0 amide bonds. The van der Waals surface area contributed by atoms with Gasteiger partial charge in [-0.15, -0.1) is 0 Å². The first-order valence-corrected chi connectivity index (χ1v) is 21.0. The van der Waals surface area contributed by atoms with Gasteiger partial charge in [0.05, 0.1) is 22.8 Å². The summed E-state index contributed by atoms with van der Waals surface area (Å²) in [6.07, 6.45) is 0. The normalized spacial score (nSPS) is 13.7. The monoisotopic (exact) mass is 792 g/mol. The molecule has 4 heteroatoms. The molecule has 10 aromatic rings. The number of nitrogens with zero attached hydrogens (tertiary/aromatic N) is 4. The highest BCUT2D eigenvalue weighted by molar-refractivity contribution is 6.24. The van der Waals surface area contributed by atoms with Crippen LogP contribution in [0.2, 0.25) is 0 Å². The Balaban J connectivity index is 1.08. The molecule has 10 aromatic carbocycles. The van der Waals surface area contributed by atoms with Gasteiger partial charge in [0.25, 0.3) is 0 Å². The number of fused-ring (bicyclic) bond motifs is 4. The minimum atomic E-state index is 0.870. The van der Waals surface area contributed by atoms with Crippen molar-refractivity contribution in [2.75, 3.05) is 9.80 Å². The lowest BCUT2D eigenvalue weighted by molar-refractivity contribution is 1.28. The highest BCUT2D eigenvalue weighted by atomic mass is 15.1. The van der Waals surface area contributed by atoms with Crippen LogP contribution in [-0.2, 0) is 0 Å². The summed E-state index contributed by atoms with van der Waals surface area (Å²) < 4.78 is 0. The number of hydrogen-bond acceptors (Lipinski definition) is 4. The molecule has 4 nitrogen and oxygen atoms in total. The van der Waals surface area contributed by atoms with Gasteiger partial charge in [0.2, 0.25) is 0 Å². The Kier molecular flexibility index (Phi) is 9.49. The van der Waals surface area contributed by atoms with Crippen molar-refractivity contribution in [1.82, 2.24) is 0 Å². The first kappa shape index (κ1) is 36.7. The summed E-state index contributed by atoms with van der Waals surface area (Å²) in [4.78, 5) is 15.9. The average Bonchev–Trinajstić information content (AvgIpc) is 3.34. The van der Waals surface area contributed by atoms with E-state index in [9.17, 15) is 0 Å². The minimum absolute atomic E-state index is 0.870. The van der Waals surface area contributed by atoms with E-state index in [4.69, 9.17) is 9.98 Å². The molecular weight excluding hydrogens is 753 g/mol. The van der Waals surface area contributed by atoms with Crippen LogP contribution in [0.3, 0.4) is 0 Å². The van der Waals surface area contributed by atoms with Crippen molar-refractivity contribution in [3.8, 4) is 0 Å². The van der Waals surface area contributed by atoms with Crippen LogP contribution in [-0.4, -0.2) is 11.4 Å². The second-order valence-electron chi connectivity index (χ2n) is 15.5. The molecule has 1 aliphatic rings. The molecule has 292 valence electrons. The third kappa shape index (κ3) is 7.00. The van der Waals surface area contributed by atoms with Crippen LogP contribution < -0.4 is 9.80 Å². The predicted octanol–water partition coefficient (Wildman–Crippen LogP) is 15.6. The zero-order chi connectivity index (χ0) is 41.2. The fraction of sp³-hybridized carbons (Fsp3) is 0. The molecule has 0 bridgehead atoms. The molecule has 0 fully saturated rings. The summed E-state index contributed by atoms with van der Waals surface area (Å²) in [5, 5.41) is 4.53. The summed E-state index contributed by atoms with van der Waals surface area (Å²) in [7, 11) is 0. The molecule has 0 saturated carbocycles. The summed E-state index contributed by atoms with van der Waals surface area (Å²) in [6.45, 7) is 0. The van der Waals surface area contributed by atoms with Gasteiger partial charge >= 0.3 is 0 Å². The average molecular weight is 793 g/mol. The molecule has 0 atom stereocenters. The van der Waals surface area contributed by atoms with Crippen molar-refractivity contribution in [2.24, 2.45) is 9.98 Å². The third-order valence-corrected chi connectivity index (χ3v) is 11.6. The third-order valence-electron chi connectivity index (χ3n) is 11.6. The molecule has 0 radical (unpaired) electrons. The van der Waals surface area contributed by atoms with Crippen molar-refractivity contribution in [3.05, 3.63) is 265 Å². The Labute approximate surface area is 361 Å². The Morgan fingerprint density at radius 3 is 0.806 bits per heavy atom. The largest absolute Gasteiger partial charge is 0.311 e. The zero-order valence-corrected chi connectivity index (χ0v) is 33.9. The molecule has 1 heterocycles. The number of para-hydroxylation sites is 4. The molecule has 0 spiro atoms. The van der Waals surface area contributed by atoms with E-state index in [1.54, 1.807) is 0 Å². The molecule has 0 unspecified atom stereocenters. The minimum Gasteiger partial charge on any atom is -0.311 e. The second-order valence-corrected chi connectivity index (χ2v) is 15.5. The van der Waals surface area contributed by atoms with Gasteiger partial charge < -0.3 is 9.80 Å². The van der Waals surface area contributed by atoms with Crippen molar-refractivity contribution < 1.29 is 0 Å². The molecule has 0 aliphatic carbocycles. The zero-order valence-electron chi connectivity index (χ0n) is 33.9. The fourth-order valence-corrected chi connectivity index (χ4v) is 8.56. The Hall–Kier alpha value is -8.34. The van der Waals surface area contributed by atoms with E-state index in [-0.39, 0.29) is 0 Å². The van der Waals surface area contributed by atoms with E-state index in [2.05, 4.69) is 252 Å². The standard InChI is InChI=1S/C58H40N4/c1-5-21-47(22-6-1)61(48-23-7-2-8-24-48)51-33-29-41(30-34-51)57-53-37-43-17-13-15-19-45(43)39-55(53)60-58(54-38-44-18-14-16-20-46(44)40-56(54)59-57)42-31-35-52(36-32-42)62(49-25-9-3-10-26-49)50-27-11-4-12-28-50/h1-40H/b57-53?,58-54?,59-56?,59-57-,60-55?,60-58-. The highest BCUT2D eigenvalue weighted by Crippen LogP contribution is 2.40. The Bertz CT molecular complexity index is 2950. The predicted molar refractivity (Wildman–Crippen MR) is 261 cm³/mol. The highest BCUT2D eigenvalue weighted by Gasteiger charge is 2.23. The van der Waals surface area contributed by atoms with E-state index in [1.807, 2.05) is 0 Å². The lowest BCUT2D eigenvalue weighted by Crippen LogP contribution is -2.12. The quantitative estimate of drug-likeness (QED) is 0.153. The Morgan fingerprint density at radius 2 is 0.500 bits per heavy atom. The van der Waals surface area contributed by atoms with Crippen LogP contribution in [0.5, 0.6) is 0 Å². The first-order chi connectivity index (χ1) is 30.7. The maximum Gasteiger partial charge on any atom is 0.0803 e. The lowest BCUT2D eigenvalue weighted by Gasteiger charge is -2.26. The van der Waals surface area contributed by atoms with Gasteiger partial charge in [-0.05, 0) is 119 Å². The van der Waals surface area contributed by atoms with Gasteiger partial charge in [-0.3, -0.25) is 0 Å². The summed E-state index contributed by atoms with van der Waals surface area (Å²) in [6, 6.07) is 85.6. The molecule has 11 rings (SSSR count). The number of anilines is 6. The van der Waals surface area contributed by atoms with E-state index >= 15 is 0 Å². The Morgan fingerprint density at radius 1 is 0.242 bits per heavy atom. The maximum absolute atomic E-state index is 5.67. The fourth-order valence-electron chi connectivity index (χ4n) is 8.56. The maximum atomic E-state index is 5.67. The smallest absolute Gasteiger partial charge is 0.0803 e. The number of aliphatic imine (C=N–C) groups is 2. The van der Waals surface area contributed by atoms with Crippen LogP contribution in [0.1, 0.15) is 22.3 Å². The van der Waals surface area contributed by atoms with Crippen molar-refractivity contribution in [3.63, 3.8) is 0 Å². The summed E-state index contributed by atoms with van der Waals surface area (Å²) in [5.74, 6) is 0. The number of hydrogen-bond donors (Lipinski definition) is 0. The van der Waals surface area contributed by atoms with Gasteiger partial charge in [-0.25, -0.2) is 9.98 Å². The van der Waals surface area contributed by atoms with Crippen LogP contribution in [0.25, 0.3) is 21.5 Å². The van der Waals surface area contributed by atoms with Crippen molar-refractivity contribution in [1.29, 1.82) is 0 Å². The van der Waals surface area contributed by atoms with E-state index < -0.39 is 0 Å². The molecule has 0 aromatic heterocycles. The topological polar surface area (TPSA) is 31.2 Å².